The van der Waals surface area contributed by atoms with E-state index in [2.05, 4.69) is 21.2 Å². The van der Waals surface area contributed by atoms with Gasteiger partial charge in [-0.05, 0) is 25.8 Å². The van der Waals surface area contributed by atoms with Gasteiger partial charge in [0.1, 0.15) is 0 Å². The van der Waals surface area contributed by atoms with Gasteiger partial charge in [0.05, 0.1) is 18.0 Å². The van der Waals surface area contributed by atoms with Crippen LogP contribution in [0.5, 0.6) is 0 Å². The third-order valence-corrected chi connectivity index (χ3v) is 5.05. The number of ether oxygens (including phenoxy) is 2. The van der Waals surface area contributed by atoms with E-state index < -0.39 is 23.4 Å². The molecule has 0 bridgehead atoms. The second kappa shape index (κ2) is 10.9. The van der Waals surface area contributed by atoms with Crippen LogP contribution in [0.25, 0.3) is 0 Å². The molecular formula is C20H26BrNO6. The maximum Gasteiger partial charge on any atom is 0.344 e. The zero-order valence-corrected chi connectivity index (χ0v) is 18.1. The van der Waals surface area contributed by atoms with Crippen molar-refractivity contribution in [3.8, 4) is 0 Å². The number of rotatable bonds is 10. The van der Waals surface area contributed by atoms with Crippen LogP contribution in [0.2, 0.25) is 0 Å². The van der Waals surface area contributed by atoms with Crippen molar-refractivity contribution in [3.63, 3.8) is 0 Å². The topological polar surface area (TPSA) is 98.8 Å². The zero-order valence-electron chi connectivity index (χ0n) is 16.5. The number of nitrogens with one attached hydrogen (secondary N) is 1. The molecule has 0 fully saturated rings. The summed E-state index contributed by atoms with van der Waals surface area (Å²) < 4.78 is 10.1. The van der Waals surface area contributed by atoms with Crippen LogP contribution in [0.4, 0.5) is 0 Å². The van der Waals surface area contributed by atoms with Gasteiger partial charge in [0, 0.05) is 18.9 Å². The average Bonchev–Trinajstić information content (AvgIpc) is 2.66. The molecule has 0 radical (unpaired) electrons. The average molecular weight is 456 g/mol. The number of hydrogen-bond acceptors (Lipinski definition) is 6. The van der Waals surface area contributed by atoms with Gasteiger partial charge in [-0.3, -0.25) is 9.59 Å². The van der Waals surface area contributed by atoms with E-state index in [4.69, 9.17) is 9.47 Å². The minimum absolute atomic E-state index is 0.0384. The monoisotopic (exact) mass is 455 g/mol. The van der Waals surface area contributed by atoms with E-state index in [1.54, 1.807) is 38.1 Å². The lowest BCUT2D eigenvalue weighted by Gasteiger charge is -2.29. The van der Waals surface area contributed by atoms with E-state index >= 15 is 0 Å². The molecule has 0 aliphatic rings. The first kappa shape index (κ1) is 23.8. The highest BCUT2D eigenvalue weighted by Crippen LogP contribution is 2.21. The summed E-state index contributed by atoms with van der Waals surface area (Å²) in [4.78, 5) is 49.0. The van der Waals surface area contributed by atoms with Gasteiger partial charge >= 0.3 is 11.9 Å². The number of halogens is 1. The molecule has 1 atom stereocenters. The molecule has 1 amide bonds. The molecule has 154 valence electrons. The van der Waals surface area contributed by atoms with Gasteiger partial charge < -0.3 is 14.8 Å². The Morgan fingerprint density at radius 3 is 1.89 bits per heavy atom. The van der Waals surface area contributed by atoms with Crippen molar-refractivity contribution in [2.45, 2.75) is 50.9 Å². The second-order valence-corrected chi connectivity index (χ2v) is 7.25. The Labute approximate surface area is 173 Å². The molecule has 7 nitrogen and oxygen atoms in total. The van der Waals surface area contributed by atoms with E-state index in [-0.39, 0.29) is 30.2 Å². The van der Waals surface area contributed by atoms with Crippen molar-refractivity contribution in [2.24, 2.45) is 0 Å². The lowest BCUT2D eigenvalue weighted by atomic mass is 9.89. The maximum atomic E-state index is 12.6. The standard InChI is InChI=1S/C20H26BrNO6/c1-5-16(21)17(24)15-10-8-14(9-11-15)12-20(22-13(4)23,18(25)27-6-2)19(26)28-7-3/h8-11,16H,5-7,12H2,1-4H3,(H,22,23). The number of ketones is 1. The molecule has 1 rings (SSSR count). The van der Waals surface area contributed by atoms with Gasteiger partial charge in [-0.25, -0.2) is 9.59 Å². The summed E-state index contributed by atoms with van der Waals surface area (Å²) in [5.41, 5.74) is -0.927. The number of benzene rings is 1. The van der Waals surface area contributed by atoms with Crippen LogP contribution < -0.4 is 5.32 Å². The molecule has 0 spiro atoms. The van der Waals surface area contributed by atoms with Crippen LogP contribution in [0.15, 0.2) is 24.3 Å². The third kappa shape index (κ3) is 5.89. The molecule has 0 aliphatic heterocycles. The van der Waals surface area contributed by atoms with E-state index in [1.807, 2.05) is 6.92 Å². The Bertz CT molecular complexity index is 698. The summed E-state index contributed by atoms with van der Waals surface area (Å²) in [7, 11) is 0. The van der Waals surface area contributed by atoms with Crippen molar-refractivity contribution >= 4 is 39.6 Å². The van der Waals surface area contributed by atoms with Crippen LogP contribution in [0.1, 0.15) is 50.0 Å². The zero-order chi connectivity index (χ0) is 21.3. The molecule has 0 saturated heterocycles. The first-order valence-corrected chi connectivity index (χ1v) is 10.0. The van der Waals surface area contributed by atoms with E-state index in [0.717, 1.165) is 0 Å². The smallest absolute Gasteiger partial charge is 0.344 e. The molecule has 28 heavy (non-hydrogen) atoms. The van der Waals surface area contributed by atoms with Crippen molar-refractivity contribution < 1.29 is 28.7 Å². The highest BCUT2D eigenvalue weighted by atomic mass is 79.9. The van der Waals surface area contributed by atoms with Crippen LogP contribution in [0, 0.1) is 0 Å². The summed E-state index contributed by atoms with van der Waals surface area (Å²) in [6.07, 6.45) is 0.488. The second-order valence-electron chi connectivity index (χ2n) is 6.14. The van der Waals surface area contributed by atoms with Crippen molar-refractivity contribution in [1.29, 1.82) is 0 Å². The quantitative estimate of drug-likeness (QED) is 0.252. The largest absolute Gasteiger partial charge is 0.464 e. The summed E-state index contributed by atoms with van der Waals surface area (Å²) in [5, 5.41) is 2.41. The number of carbonyl (C=O) groups is 4. The number of carbonyl (C=O) groups excluding carboxylic acids is 4. The van der Waals surface area contributed by atoms with Crippen molar-refractivity contribution in [1.82, 2.24) is 5.32 Å². The van der Waals surface area contributed by atoms with Gasteiger partial charge in [0.15, 0.2) is 5.78 Å². The van der Waals surface area contributed by atoms with Crippen LogP contribution in [0.3, 0.4) is 0 Å². The molecule has 1 N–H and O–H groups in total. The molecule has 1 aromatic rings. The molecule has 0 aromatic heterocycles. The van der Waals surface area contributed by atoms with Crippen molar-refractivity contribution in [3.05, 3.63) is 35.4 Å². The van der Waals surface area contributed by atoms with E-state index in [0.29, 0.717) is 17.5 Å². The summed E-state index contributed by atoms with van der Waals surface area (Å²) in [6.45, 7) is 6.38. The molecule has 8 heteroatoms. The Morgan fingerprint density at radius 2 is 1.50 bits per heavy atom. The van der Waals surface area contributed by atoms with Crippen LogP contribution in [-0.2, 0) is 30.3 Å². The number of Topliss-reactive ketones (excluding diaryl/α,β-unsaturated/α-hetero) is 1. The normalized spacial score (nSPS) is 12.0. The first-order chi connectivity index (χ1) is 13.2. The van der Waals surface area contributed by atoms with Gasteiger partial charge in [-0.15, -0.1) is 0 Å². The van der Waals surface area contributed by atoms with Crippen LogP contribution in [-0.4, -0.2) is 47.2 Å². The van der Waals surface area contributed by atoms with Gasteiger partial charge in [0.25, 0.3) is 0 Å². The molecule has 1 aromatic carbocycles. The number of amides is 1. The Balaban J connectivity index is 3.27. The molecule has 0 saturated carbocycles. The molecule has 1 unspecified atom stereocenters. The Morgan fingerprint density at radius 1 is 1.00 bits per heavy atom. The third-order valence-electron chi connectivity index (χ3n) is 3.99. The summed E-state index contributed by atoms with van der Waals surface area (Å²) in [5.74, 6) is -2.42. The highest BCUT2D eigenvalue weighted by molar-refractivity contribution is 9.10. The predicted molar refractivity (Wildman–Crippen MR) is 107 cm³/mol. The molecular weight excluding hydrogens is 430 g/mol. The van der Waals surface area contributed by atoms with Gasteiger partial charge in [-0.2, -0.15) is 0 Å². The predicted octanol–water partition coefficient (Wildman–Crippen LogP) is 2.59. The van der Waals surface area contributed by atoms with Crippen LogP contribution >= 0.6 is 15.9 Å². The number of hydrogen-bond donors (Lipinski definition) is 1. The SMILES string of the molecule is CCOC(=O)C(Cc1ccc(C(=O)C(Br)CC)cc1)(NC(C)=O)C(=O)OCC. The summed E-state index contributed by atoms with van der Waals surface area (Å²) in [6, 6.07) is 6.52. The molecule has 0 heterocycles. The highest BCUT2D eigenvalue weighted by Gasteiger charge is 2.50. The summed E-state index contributed by atoms with van der Waals surface area (Å²) >= 11 is 3.33. The lowest BCUT2D eigenvalue weighted by Crippen LogP contribution is -2.62. The van der Waals surface area contributed by atoms with E-state index in [1.165, 1.54) is 6.92 Å². The fourth-order valence-electron chi connectivity index (χ4n) is 2.64. The maximum absolute atomic E-state index is 12.6. The Kier molecular flexibility index (Phi) is 9.31. The molecule has 0 aliphatic carbocycles. The number of esters is 2. The lowest BCUT2D eigenvalue weighted by molar-refractivity contribution is -0.168. The minimum Gasteiger partial charge on any atom is -0.464 e. The number of alkyl halides is 1. The van der Waals surface area contributed by atoms with Gasteiger partial charge in [-0.1, -0.05) is 47.1 Å². The fourth-order valence-corrected chi connectivity index (χ4v) is 2.91. The Hall–Kier alpha value is -2.22. The van der Waals surface area contributed by atoms with Crippen molar-refractivity contribution in [2.75, 3.05) is 13.2 Å². The minimum atomic E-state index is -2.00. The van der Waals surface area contributed by atoms with E-state index in [9.17, 15) is 19.2 Å². The van der Waals surface area contributed by atoms with Gasteiger partial charge in [0.2, 0.25) is 11.4 Å². The fraction of sp³-hybridized carbons (Fsp3) is 0.500. The first-order valence-electron chi connectivity index (χ1n) is 9.12.